The van der Waals surface area contributed by atoms with Gasteiger partial charge in [-0.3, -0.25) is 4.79 Å². The Bertz CT molecular complexity index is 518. The number of halogens is 1. The minimum Gasteiger partial charge on any atom is -0.392 e. The van der Waals surface area contributed by atoms with E-state index in [1.807, 2.05) is 0 Å². The van der Waals surface area contributed by atoms with Crippen molar-refractivity contribution in [2.24, 2.45) is 5.73 Å². The lowest BCUT2D eigenvalue weighted by molar-refractivity contribution is 0.0676. The van der Waals surface area contributed by atoms with Crippen LogP contribution in [0.1, 0.15) is 35.2 Å². The van der Waals surface area contributed by atoms with E-state index in [-0.39, 0.29) is 17.5 Å². The molecule has 2 N–H and O–H groups in total. The van der Waals surface area contributed by atoms with Crippen molar-refractivity contribution < 1.29 is 9.18 Å². The molecule has 0 aromatic heterocycles. The Morgan fingerprint density at radius 3 is 2.84 bits per heavy atom. The largest absolute Gasteiger partial charge is 0.392 e. The van der Waals surface area contributed by atoms with Crippen molar-refractivity contribution in [2.75, 3.05) is 6.54 Å². The van der Waals surface area contributed by atoms with Crippen molar-refractivity contribution in [3.63, 3.8) is 0 Å². The van der Waals surface area contributed by atoms with E-state index < -0.39 is 5.82 Å². The summed E-state index contributed by atoms with van der Waals surface area (Å²) in [6.45, 7) is 2.37. The number of hydrogen-bond donors (Lipinski definition) is 1. The van der Waals surface area contributed by atoms with Crippen LogP contribution in [0.3, 0.4) is 0 Å². The summed E-state index contributed by atoms with van der Waals surface area (Å²) in [5, 5.41) is 0. The van der Waals surface area contributed by atoms with Gasteiger partial charge in [0.25, 0.3) is 5.91 Å². The molecule has 1 heterocycles. The zero-order valence-corrected chi connectivity index (χ0v) is 11.7. The molecular formula is C14H17FN2OS. The summed E-state index contributed by atoms with van der Waals surface area (Å²) < 4.78 is 13.9. The Balaban J connectivity index is 2.28. The van der Waals surface area contributed by atoms with E-state index >= 15 is 0 Å². The third-order valence-corrected chi connectivity index (χ3v) is 3.72. The van der Waals surface area contributed by atoms with Gasteiger partial charge in [0.1, 0.15) is 5.82 Å². The molecule has 19 heavy (non-hydrogen) atoms. The van der Waals surface area contributed by atoms with Gasteiger partial charge in [0.05, 0.1) is 16.6 Å². The first-order valence-corrected chi connectivity index (χ1v) is 6.78. The van der Waals surface area contributed by atoms with Gasteiger partial charge in [-0.15, -0.1) is 0 Å². The number of carbonyl (C=O) groups is 1. The first kappa shape index (κ1) is 13.9. The van der Waals surface area contributed by atoms with Gasteiger partial charge in [0.2, 0.25) is 0 Å². The van der Waals surface area contributed by atoms with Crippen LogP contribution in [0.15, 0.2) is 18.2 Å². The predicted octanol–water partition coefficient (Wildman–Crippen LogP) is 2.41. The second-order valence-electron chi connectivity index (χ2n) is 4.90. The van der Waals surface area contributed by atoms with E-state index in [0.717, 1.165) is 24.8 Å². The van der Waals surface area contributed by atoms with Crippen molar-refractivity contribution >= 4 is 23.1 Å². The molecule has 102 valence electrons. The molecule has 5 heteroatoms. The molecule has 1 aliphatic heterocycles. The van der Waals surface area contributed by atoms with Crippen LogP contribution in [0.4, 0.5) is 4.39 Å². The van der Waals surface area contributed by atoms with Crippen molar-refractivity contribution in [3.8, 4) is 0 Å². The van der Waals surface area contributed by atoms with Gasteiger partial charge < -0.3 is 10.6 Å². The predicted molar refractivity (Wildman–Crippen MR) is 76.6 cm³/mol. The summed E-state index contributed by atoms with van der Waals surface area (Å²) in [6.07, 6.45) is 2.65. The Labute approximate surface area is 117 Å². The van der Waals surface area contributed by atoms with Crippen LogP contribution in [0, 0.1) is 12.7 Å². The Hall–Kier alpha value is -1.49. The Morgan fingerprint density at radius 2 is 2.21 bits per heavy atom. The highest BCUT2D eigenvalue weighted by Gasteiger charge is 2.30. The van der Waals surface area contributed by atoms with Crippen molar-refractivity contribution in [2.45, 2.75) is 32.2 Å². The van der Waals surface area contributed by atoms with Gasteiger partial charge in [-0.25, -0.2) is 4.39 Å². The van der Waals surface area contributed by atoms with Gasteiger partial charge in [-0.2, -0.15) is 0 Å². The summed E-state index contributed by atoms with van der Waals surface area (Å²) >= 11 is 5.01. The first-order chi connectivity index (χ1) is 9.00. The average Bonchev–Trinajstić information content (AvgIpc) is 2.38. The molecule has 0 spiro atoms. The molecule has 0 radical (unpaired) electrons. The molecule has 1 aromatic carbocycles. The monoisotopic (exact) mass is 280 g/mol. The summed E-state index contributed by atoms with van der Waals surface area (Å²) in [7, 11) is 0. The fourth-order valence-corrected chi connectivity index (χ4v) is 2.66. The maximum atomic E-state index is 13.9. The highest BCUT2D eigenvalue weighted by atomic mass is 32.1. The second-order valence-corrected chi connectivity index (χ2v) is 5.37. The van der Waals surface area contributed by atoms with Crippen LogP contribution < -0.4 is 5.73 Å². The zero-order valence-electron chi connectivity index (χ0n) is 10.9. The van der Waals surface area contributed by atoms with Crippen LogP contribution in [0.25, 0.3) is 0 Å². The lowest BCUT2D eigenvalue weighted by Crippen LogP contribution is -2.50. The van der Waals surface area contributed by atoms with E-state index in [1.165, 1.54) is 12.1 Å². The number of thiocarbonyl (C=S) groups is 1. The molecule has 1 aliphatic rings. The maximum absolute atomic E-state index is 13.9. The molecule has 1 saturated heterocycles. The summed E-state index contributed by atoms with van der Waals surface area (Å²) in [5.41, 5.74) is 6.56. The van der Waals surface area contributed by atoms with E-state index in [0.29, 0.717) is 11.5 Å². The number of carbonyl (C=O) groups excluding carboxylic acids is 1. The van der Waals surface area contributed by atoms with Crippen LogP contribution in [-0.4, -0.2) is 28.4 Å². The Kier molecular flexibility index (Phi) is 4.14. The lowest BCUT2D eigenvalue weighted by Gasteiger charge is -2.35. The third-order valence-electron chi connectivity index (χ3n) is 3.45. The number of amides is 1. The molecule has 1 aromatic rings. The third kappa shape index (κ3) is 2.92. The number of nitrogens with two attached hydrogens (primary N) is 1. The molecule has 1 unspecified atom stereocenters. The number of likely N-dealkylation sites (tertiary alicyclic amines) is 1. The average molecular weight is 280 g/mol. The number of rotatable bonds is 2. The number of aryl methyl sites for hydroxylation is 1. The van der Waals surface area contributed by atoms with Crippen molar-refractivity contribution in [1.29, 1.82) is 0 Å². The molecule has 1 fully saturated rings. The minimum atomic E-state index is -0.489. The maximum Gasteiger partial charge on any atom is 0.257 e. The molecule has 3 nitrogen and oxygen atoms in total. The molecular weight excluding hydrogens is 263 g/mol. The SMILES string of the molecule is Cc1ccc(C(=O)N2CCCCC2C(N)=S)c(F)c1. The number of nitrogens with zero attached hydrogens (tertiary/aromatic N) is 1. The zero-order chi connectivity index (χ0) is 14.0. The van der Waals surface area contributed by atoms with Gasteiger partial charge in [0.15, 0.2) is 0 Å². The van der Waals surface area contributed by atoms with E-state index in [1.54, 1.807) is 17.9 Å². The number of hydrogen-bond acceptors (Lipinski definition) is 2. The fraction of sp³-hybridized carbons (Fsp3) is 0.429. The summed E-state index contributed by atoms with van der Waals surface area (Å²) in [6, 6.07) is 4.37. The smallest absolute Gasteiger partial charge is 0.257 e. The second kappa shape index (κ2) is 5.65. The van der Waals surface area contributed by atoms with E-state index in [4.69, 9.17) is 18.0 Å². The topological polar surface area (TPSA) is 46.3 Å². The fourth-order valence-electron chi connectivity index (χ4n) is 2.42. The molecule has 0 saturated carbocycles. The molecule has 0 aliphatic carbocycles. The van der Waals surface area contributed by atoms with Crippen LogP contribution >= 0.6 is 12.2 Å². The van der Waals surface area contributed by atoms with Crippen molar-refractivity contribution in [3.05, 3.63) is 35.1 Å². The molecule has 1 amide bonds. The normalized spacial score (nSPS) is 19.3. The molecule has 0 bridgehead atoms. The molecule has 1 atom stereocenters. The summed E-state index contributed by atoms with van der Waals surface area (Å²) in [5.74, 6) is -0.813. The van der Waals surface area contributed by atoms with Crippen LogP contribution in [-0.2, 0) is 0 Å². The molecule has 2 rings (SSSR count). The van der Waals surface area contributed by atoms with E-state index in [9.17, 15) is 9.18 Å². The minimum absolute atomic E-state index is 0.0914. The van der Waals surface area contributed by atoms with Crippen LogP contribution in [0.2, 0.25) is 0 Å². The quantitative estimate of drug-likeness (QED) is 0.846. The Morgan fingerprint density at radius 1 is 1.47 bits per heavy atom. The van der Waals surface area contributed by atoms with E-state index in [2.05, 4.69) is 0 Å². The first-order valence-electron chi connectivity index (χ1n) is 6.37. The summed E-state index contributed by atoms with van der Waals surface area (Å²) in [4.78, 5) is 14.3. The van der Waals surface area contributed by atoms with Gasteiger partial charge in [-0.05, 0) is 43.9 Å². The van der Waals surface area contributed by atoms with Gasteiger partial charge in [-0.1, -0.05) is 18.3 Å². The lowest BCUT2D eigenvalue weighted by atomic mass is 10.0. The highest BCUT2D eigenvalue weighted by Crippen LogP contribution is 2.21. The highest BCUT2D eigenvalue weighted by molar-refractivity contribution is 7.80. The standard InChI is InChI=1S/C14H17FN2OS/c1-9-5-6-10(11(15)8-9)14(18)17-7-3-2-4-12(17)13(16)19/h5-6,8,12H,2-4,7H2,1H3,(H2,16,19). The number of piperidine rings is 1. The van der Waals surface area contributed by atoms with Gasteiger partial charge >= 0.3 is 0 Å². The van der Waals surface area contributed by atoms with Crippen LogP contribution in [0.5, 0.6) is 0 Å². The number of benzene rings is 1. The van der Waals surface area contributed by atoms with Gasteiger partial charge in [0, 0.05) is 6.54 Å². The van der Waals surface area contributed by atoms with Crippen molar-refractivity contribution in [1.82, 2.24) is 4.90 Å².